The number of ketones is 1. The number of carbonyl (C=O) groups excluding carboxylic acids is 1. The van der Waals surface area contributed by atoms with Gasteiger partial charge in [-0.05, 0) is 37.8 Å². The highest BCUT2D eigenvalue weighted by Crippen LogP contribution is 2.28. The number of rotatable bonds is 8. The van der Waals surface area contributed by atoms with E-state index in [4.69, 9.17) is 0 Å². The van der Waals surface area contributed by atoms with Crippen LogP contribution in [-0.4, -0.2) is 25.6 Å². The molecule has 0 heterocycles. The number of carbonyl (C=O) groups is 1. The lowest BCUT2D eigenvalue weighted by Crippen LogP contribution is -2.39. The normalized spacial score (nSPS) is 14.1. The lowest BCUT2D eigenvalue weighted by molar-refractivity contribution is -0.170. The van der Waals surface area contributed by atoms with Gasteiger partial charge < -0.3 is 0 Å². The molecule has 1 aromatic carbocycles. The predicted octanol–water partition coefficient (Wildman–Crippen LogP) is 4.10. The van der Waals surface area contributed by atoms with Gasteiger partial charge in [-0.1, -0.05) is 37.3 Å². The summed E-state index contributed by atoms with van der Waals surface area (Å²) in [7, 11) is -4.37. The minimum atomic E-state index is -5.17. The quantitative estimate of drug-likeness (QED) is 0.525. The largest absolute Gasteiger partial charge is 0.451 e. The Kier molecular flexibility index (Phi) is 7.00. The second kappa shape index (κ2) is 8.29. The molecule has 3 nitrogen and oxygen atoms in total. The van der Waals surface area contributed by atoms with Crippen LogP contribution in [-0.2, 0) is 14.6 Å². The fraction of sp³-hybridized carbons (Fsp3) is 0.438. The van der Waals surface area contributed by atoms with Crippen molar-refractivity contribution in [3.05, 3.63) is 42.5 Å². The van der Waals surface area contributed by atoms with Crippen molar-refractivity contribution in [3.63, 3.8) is 0 Å². The maximum atomic E-state index is 12.7. The van der Waals surface area contributed by atoms with Crippen LogP contribution < -0.4 is 0 Å². The second-order valence-electron chi connectivity index (χ2n) is 5.02. The molecule has 128 valence electrons. The van der Waals surface area contributed by atoms with E-state index in [9.17, 15) is 26.4 Å². The SMILES string of the molecule is CC/C=C\CCCC(C(=O)C(F)(F)F)S(=O)(=O)c1ccccc1. The van der Waals surface area contributed by atoms with Crippen LogP contribution in [0.15, 0.2) is 47.4 Å². The van der Waals surface area contributed by atoms with Gasteiger partial charge in [-0.15, -0.1) is 0 Å². The monoisotopic (exact) mass is 348 g/mol. The summed E-state index contributed by atoms with van der Waals surface area (Å²) in [5.74, 6) is -2.21. The van der Waals surface area contributed by atoms with Crippen LogP contribution in [0.4, 0.5) is 13.2 Å². The van der Waals surface area contributed by atoms with Gasteiger partial charge in [0.05, 0.1) is 4.90 Å². The van der Waals surface area contributed by atoms with E-state index in [1.165, 1.54) is 24.3 Å². The van der Waals surface area contributed by atoms with Gasteiger partial charge in [0, 0.05) is 0 Å². The first-order valence-electron chi connectivity index (χ1n) is 7.26. The molecule has 1 atom stereocenters. The van der Waals surface area contributed by atoms with E-state index in [-0.39, 0.29) is 17.7 Å². The summed E-state index contributed by atoms with van der Waals surface area (Å²) in [6.07, 6.45) is -0.520. The molecule has 0 fully saturated rings. The van der Waals surface area contributed by atoms with Crippen molar-refractivity contribution in [2.45, 2.75) is 48.9 Å². The summed E-state index contributed by atoms with van der Waals surface area (Å²) < 4.78 is 63.0. The van der Waals surface area contributed by atoms with Crippen molar-refractivity contribution >= 4 is 15.6 Å². The minimum Gasteiger partial charge on any atom is -0.288 e. The Balaban J connectivity index is 3.04. The third kappa shape index (κ3) is 5.49. The van der Waals surface area contributed by atoms with Gasteiger partial charge in [-0.3, -0.25) is 4.79 Å². The van der Waals surface area contributed by atoms with Gasteiger partial charge in [-0.25, -0.2) is 8.42 Å². The van der Waals surface area contributed by atoms with Gasteiger partial charge in [0.2, 0.25) is 0 Å². The number of benzene rings is 1. The second-order valence-corrected chi connectivity index (χ2v) is 7.15. The van der Waals surface area contributed by atoms with Crippen molar-refractivity contribution in [2.24, 2.45) is 0 Å². The highest BCUT2D eigenvalue weighted by molar-refractivity contribution is 7.92. The Hall–Kier alpha value is -1.63. The summed E-state index contributed by atoms with van der Waals surface area (Å²) in [6, 6.07) is 6.76. The molecule has 1 unspecified atom stereocenters. The van der Waals surface area contributed by atoms with Gasteiger partial charge in [0.25, 0.3) is 5.78 Å². The molecule has 0 N–H and O–H groups in total. The lowest BCUT2D eigenvalue weighted by atomic mass is 10.1. The molecule has 1 aromatic rings. The Morgan fingerprint density at radius 2 is 1.78 bits per heavy atom. The number of allylic oxidation sites excluding steroid dienone is 2. The topological polar surface area (TPSA) is 51.2 Å². The standard InChI is InChI=1S/C16H19F3O3S/c1-2-3-4-5-9-12-14(15(20)16(17,18)19)23(21,22)13-10-7-6-8-11-13/h3-4,6-8,10-11,14H,2,5,9,12H2,1H3/b4-3-. The van der Waals surface area contributed by atoms with E-state index in [0.717, 1.165) is 6.42 Å². The molecule has 0 amide bonds. The zero-order valence-electron chi connectivity index (χ0n) is 12.7. The first-order chi connectivity index (χ1) is 10.7. The van der Waals surface area contributed by atoms with Crippen LogP contribution in [0.5, 0.6) is 0 Å². The Morgan fingerprint density at radius 1 is 1.17 bits per heavy atom. The summed E-state index contributed by atoms with van der Waals surface area (Å²) in [5.41, 5.74) is 0. The number of hydrogen-bond donors (Lipinski definition) is 0. The van der Waals surface area contributed by atoms with E-state index in [1.807, 2.05) is 13.0 Å². The molecule has 7 heteroatoms. The van der Waals surface area contributed by atoms with Gasteiger partial charge in [-0.2, -0.15) is 13.2 Å². The molecule has 0 aliphatic heterocycles. The molecule has 0 bridgehead atoms. The Labute approximate surface area is 134 Å². The zero-order chi connectivity index (χ0) is 17.5. The summed E-state index contributed by atoms with van der Waals surface area (Å²) in [5, 5.41) is -2.10. The molecule has 0 aliphatic carbocycles. The summed E-state index contributed by atoms with van der Waals surface area (Å²) in [4.78, 5) is 11.3. The fourth-order valence-electron chi connectivity index (χ4n) is 2.09. The average molecular weight is 348 g/mol. The third-order valence-electron chi connectivity index (χ3n) is 3.26. The van der Waals surface area contributed by atoms with Crippen LogP contribution in [0.1, 0.15) is 32.6 Å². The number of alkyl halides is 3. The van der Waals surface area contributed by atoms with Gasteiger partial charge in [0.15, 0.2) is 9.84 Å². The molecule has 0 spiro atoms. The van der Waals surface area contributed by atoms with Crippen LogP contribution in [0.25, 0.3) is 0 Å². The van der Waals surface area contributed by atoms with Gasteiger partial charge >= 0.3 is 6.18 Å². The average Bonchev–Trinajstić information content (AvgIpc) is 2.50. The van der Waals surface area contributed by atoms with Crippen molar-refractivity contribution in [1.29, 1.82) is 0 Å². The van der Waals surface area contributed by atoms with Gasteiger partial charge in [0.1, 0.15) is 5.25 Å². The van der Waals surface area contributed by atoms with E-state index in [1.54, 1.807) is 12.1 Å². The lowest BCUT2D eigenvalue weighted by Gasteiger charge is -2.18. The van der Waals surface area contributed by atoms with E-state index in [2.05, 4.69) is 0 Å². The van der Waals surface area contributed by atoms with E-state index >= 15 is 0 Å². The van der Waals surface area contributed by atoms with Crippen molar-refractivity contribution in [1.82, 2.24) is 0 Å². The molecule has 0 radical (unpaired) electrons. The van der Waals surface area contributed by atoms with Crippen LogP contribution in [0, 0.1) is 0 Å². The zero-order valence-corrected chi connectivity index (χ0v) is 13.5. The van der Waals surface area contributed by atoms with E-state index < -0.39 is 27.0 Å². The molecule has 0 aliphatic rings. The summed E-state index contributed by atoms with van der Waals surface area (Å²) >= 11 is 0. The summed E-state index contributed by atoms with van der Waals surface area (Å²) in [6.45, 7) is 1.91. The van der Waals surface area contributed by atoms with E-state index in [0.29, 0.717) is 6.42 Å². The van der Waals surface area contributed by atoms with Crippen LogP contribution in [0.2, 0.25) is 0 Å². The first kappa shape index (κ1) is 19.4. The predicted molar refractivity (Wildman–Crippen MR) is 81.8 cm³/mol. The fourth-order valence-corrected chi connectivity index (χ4v) is 3.85. The third-order valence-corrected chi connectivity index (χ3v) is 5.39. The number of Topliss-reactive ketones (excluding diaryl/α,β-unsaturated/α-hetero) is 1. The Morgan fingerprint density at radius 3 is 2.30 bits per heavy atom. The maximum absolute atomic E-state index is 12.7. The highest BCUT2D eigenvalue weighted by atomic mass is 32.2. The molecule has 0 aromatic heterocycles. The minimum absolute atomic E-state index is 0.190. The number of sulfone groups is 1. The first-order valence-corrected chi connectivity index (χ1v) is 8.81. The number of unbranched alkanes of at least 4 members (excludes halogenated alkanes) is 1. The van der Waals surface area contributed by atoms with Crippen molar-refractivity contribution < 1.29 is 26.4 Å². The molecular formula is C16H19F3O3S. The molecule has 1 rings (SSSR count). The molecule has 23 heavy (non-hydrogen) atoms. The molecular weight excluding hydrogens is 329 g/mol. The smallest absolute Gasteiger partial charge is 0.288 e. The number of hydrogen-bond acceptors (Lipinski definition) is 3. The maximum Gasteiger partial charge on any atom is 0.451 e. The Bertz CT molecular complexity index is 634. The highest BCUT2D eigenvalue weighted by Gasteiger charge is 2.48. The van der Waals surface area contributed by atoms with Crippen molar-refractivity contribution in [2.75, 3.05) is 0 Å². The number of halogens is 3. The van der Waals surface area contributed by atoms with Crippen LogP contribution in [0.3, 0.4) is 0 Å². The molecule has 0 saturated carbocycles. The van der Waals surface area contributed by atoms with Crippen molar-refractivity contribution in [3.8, 4) is 0 Å². The molecule has 0 saturated heterocycles. The van der Waals surface area contributed by atoms with Crippen LogP contribution >= 0.6 is 0 Å².